The molecule has 0 atom stereocenters. The zero-order valence-corrected chi connectivity index (χ0v) is 6.60. The molecule has 0 aliphatic rings. The third-order valence-electron chi connectivity index (χ3n) is 1.27. The van der Waals surface area contributed by atoms with Gasteiger partial charge in [-0.2, -0.15) is 0 Å². The maximum Gasteiger partial charge on any atom is 0.337 e. The molecule has 0 saturated heterocycles. The highest BCUT2D eigenvalue weighted by Crippen LogP contribution is 2.04. The van der Waals surface area contributed by atoms with E-state index in [0.717, 1.165) is 7.11 Å². The fourth-order valence-corrected chi connectivity index (χ4v) is 0.645. The fourth-order valence-electron chi connectivity index (χ4n) is 0.645. The summed E-state index contributed by atoms with van der Waals surface area (Å²) < 4.78 is 34.7. The highest BCUT2D eigenvalue weighted by atomic mass is 16.5. The first-order valence-corrected chi connectivity index (χ1v) is 3.33. The zero-order valence-electron chi connectivity index (χ0n) is 10.6. The Morgan fingerprint density at radius 1 is 1.58 bits per heavy atom. The van der Waals surface area contributed by atoms with Crippen LogP contribution in [0.5, 0.6) is 0 Å². The van der Waals surface area contributed by atoms with Crippen LogP contribution in [0.4, 0.5) is 0 Å². The first kappa shape index (κ1) is 4.62. The number of esters is 1. The lowest BCUT2D eigenvalue weighted by Crippen LogP contribution is -2.02. The van der Waals surface area contributed by atoms with Gasteiger partial charge < -0.3 is 10.5 Å². The number of hydrogen-bond acceptors (Lipinski definition) is 3. The molecule has 0 saturated carbocycles. The van der Waals surface area contributed by atoms with Crippen molar-refractivity contribution in [2.45, 2.75) is 6.54 Å². The number of hydrogen-bond donors (Lipinski definition) is 1. The predicted octanol–water partition coefficient (Wildman–Crippen LogP) is 0.932. The number of carbonyl (C=O) groups is 1. The van der Waals surface area contributed by atoms with Crippen molar-refractivity contribution in [2.24, 2.45) is 5.73 Å². The Morgan fingerprint density at radius 2 is 2.17 bits per heavy atom. The van der Waals surface area contributed by atoms with E-state index in [1.807, 2.05) is 0 Å². The van der Waals surface area contributed by atoms with Gasteiger partial charge in [-0.15, -0.1) is 0 Å². The van der Waals surface area contributed by atoms with E-state index >= 15 is 0 Å². The number of carbonyl (C=O) groups excluding carboxylic acids is 1. The van der Waals surface area contributed by atoms with Crippen LogP contribution < -0.4 is 5.73 Å². The quantitative estimate of drug-likeness (QED) is 0.670. The summed E-state index contributed by atoms with van der Waals surface area (Å²) in [6, 6.07) is -1.45. The summed E-state index contributed by atoms with van der Waals surface area (Å²) in [6.45, 7) is -0.114. The molecular weight excluding hydrogens is 154 g/mol. The van der Waals surface area contributed by atoms with E-state index < -0.39 is 18.1 Å². The van der Waals surface area contributed by atoms with Gasteiger partial charge >= 0.3 is 5.97 Å². The number of benzene rings is 1. The molecule has 0 fully saturated rings. The summed E-state index contributed by atoms with van der Waals surface area (Å²) >= 11 is 0. The third-order valence-corrected chi connectivity index (χ3v) is 1.27. The lowest BCUT2D eigenvalue weighted by atomic mass is 10.1. The van der Waals surface area contributed by atoms with Crippen molar-refractivity contribution < 1.29 is 15.0 Å². The van der Waals surface area contributed by atoms with E-state index in [1.54, 1.807) is 0 Å². The second-order valence-corrected chi connectivity index (χ2v) is 2.05. The van der Waals surface area contributed by atoms with Crippen LogP contribution in [0, 0.1) is 0 Å². The Balaban J connectivity index is 3.60. The summed E-state index contributed by atoms with van der Waals surface area (Å²) in [5, 5.41) is 0. The summed E-state index contributed by atoms with van der Waals surface area (Å²) in [4.78, 5) is 11.3. The molecule has 2 N–H and O–H groups in total. The molecule has 0 aliphatic carbocycles. The lowest BCUT2D eigenvalue weighted by Gasteiger charge is -1.99. The number of methoxy groups -OCH3 is 1. The molecule has 1 aromatic rings. The van der Waals surface area contributed by atoms with Crippen LogP contribution in [-0.2, 0) is 11.3 Å². The van der Waals surface area contributed by atoms with E-state index in [1.165, 1.54) is 0 Å². The molecule has 0 amide bonds. The van der Waals surface area contributed by atoms with Gasteiger partial charge in [-0.25, -0.2) is 4.79 Å². The van der Waals surface area contributed by atoms with Crippen LogP contribution in [0.25, 0.3) is 0 Å². The molecule has 0 aliphatic heterocycles. The van der Waals surface area contributed by atoms with Crippen LogP contribution in [-0.4, -0.2) is 13.1 Å². The first-order valence-electron chi connectivity index (χ1n) is 5.33. The van der Waals surface area contributed by atoms with Crippen molar-refractivity contribution in [2.75, 3.05) is 7.11 Å². The largest absolute Gasteiger partial charge is 0.465 e. The van der Waals surface area contributed by atoms with Crippen molar-refractivity contribution in [3.8, 4) is 0 Å². The number of ether oxygens (including phenoxy) is 1. The maximum absolute atomic E-state index is 11.3. The van der Waals surface area contributed by atoms with Gasteiger partial charge in [-0.05, 0) is 17.6 Å². The maximum atomic E-state index is 11.3. The Labute approximate surface area is 76.8 Å². The highest BCUT2D eigenvalue weighted by Gasteiger charge is 2.02. The lowest BCUT2D eigenvalue weighted by molar-refractivity contribution is 0.0600. The van der Waals surface area contributed by atoms with Gasteiger partial charge in [-0.3, -0.25) is 0 Å². The minimum Gasteiger partial charge on any atom is -0.465 e. The fraction of sp³-hybridized carbons (Fsp3) is 0.222. The molecule has 0 radical (unpaired) electrons. The Kier molecular flexibility index (Phi) is 1.49. The second kappa shape index (κ2) is 3.88. The minimum atomic E-state index is -0.888. The topological polar surface area (TPSA) is 52.3 Å². The van der Waals surface area contributed by atoms with Crippen LogP contribution in [0.1, 0.15) is 21.4 Å². The monoisotopic (exact) mass is 169 g/mol. The minimum absolute atomic E-state index is 0.0858. The van der Waals surface area contributed by atoms with Gasteiger partial charge in [0, 0.05) is 6.54 Å². The smallest absolute Gasteiger partial charge is 0.337 e. The molecule has 0 unspecified atom stereocenters. The van der Waals surface area contributed by atoms with Gasteiger partial charge in [0.15, 0.2) is 0 Å². The van der Waals surface area contributed by atoms with Gasteiger partial charge in [0.1, 0.15) is 0 Å². The summed E-state index contributed by atoms with van der Waals surface area (Å²) in [5.41, 5.74) is 5.04. The Bertz CT molecular complexity index is 419. The third kappa shape index (κ3) is 1.83. The second-order valence-electron chi connectivity index (χ2n) is 2.05. The SMILES string of the molecule is [2H]c1c([2H])c(C(=O)OC)c([2H])c([2H])c1CN. The van der Waals surface area contributed by atoms with Gasteiger partial charge in [-0.1, -0.05) is 12.1 Å². The van der Waals surface area contributed by atoms with Crippen molar-refractivity contribution in [1.29, 1.82) is 0 Å². The van der Waals surface area contributed by atoms with Gasteiger partial charge in [0.25, 0.3) is 0 Å². The molecule has 0 aromatic heterocycles. The van der Waals surface area contributed by atoms with Crippen LogP contribution in [0.3, 0.4) is 0 Å². The Hall–Kier alpha value is -1.35. The van der Waals surface area contributed by atoms with E-state index in [-0.39, 0.29) is 29.8 Å². The van der Waals surface area contributed by atoms with Crippen molar-refractivity contribution >= 4 is 5.97 Å². The molecule has 1 aromatic carbocycles. The summed E-state index contributed by atoms with van der Waals surface area (Å²) in [7, 11) is 1.12. The van der Waals surface area contributed by atoms with E-state index in [0.29, 0.717) is 0 Å². The first-order chi connectivity index (χ1) is 7.45. The number of nitrogens with two attached hydrogens (primary N) is 1. The predicted molar refractivity (Wildman–Crippen MR) is 45.7 cm³/mol. The molecular formula is C9H11NO2. The van der Waals surface area contributed by atoms with E-state index in [9.17, 15) is 4.79 Å². The van der Waals surface area contributed by atoms with Gasteiger partial charge in [0.05, 0.1) is 18.2 Å². The van der Waals surface area contributed by atoms with Crippen molar-refractivity contribution in [1.82, 2.24) is 0 Å². The molecule has 3 nitrogen and oxygen atoms in total. The normalized spacial score (nSPS) is 14.2. The standard InChI is InChI=1S/C9H11NO2/c1-12-9(11)8-4-2-7(6-10)3-5-8/h2-5H,6,10H2,1H3/i2D,3D,4D,5D. The number of rotatable bonds is 2. The molecule has 1 rings (SSSR count). The van der Waals surface area contributed by atoms with Crippen LogP contribution in [0.2, 0.25) is 0 Å². The van der Waals surface area contributed by atoms with Crippen LogP contribution >= 0.6 is 0 Å². The van der Waals surface area contributed by atoms with Crippen molar-refractivity contribution in [3.63, 3.8) is 0 Å². The summed E-state index contributed by atoms with van der Waals surface area (Å²) in [5.74, 6) is -0.888. The van der Waals surface area contributed by atoms with E-state index in [2.05, 4.69) is 4.74 Å². The Morgan fingerprint density at radius 3 is 2.58 bits per heavy atom. The van der Waals surface area contributed by atoms with Gasteiger partial charge in [0.2, 0.25) is 0 Å². The zero-order chi connectivity index (χ0) is 12.5. The summed E-state index contributed by atoms with van der Waals surface area (Å²) in [6.07, 6.45) is 0. The van der Waals surface area contributed by atoms with Crippen LogP contribution in [0.15, 0.2) is 24.2 Å². The van der Waals surface area contributed by atoms with E-state index in [4.69, 9.17) is 11.2 Å². The average molecular weight is 169 g/mol. The highest BCUT2D eigenvalue weighted by molar-refractivity contribution is 5.89. The molecule has 64 valence electrons. The molecule has 3 heteroatoms. The van der Waals surface area contributed by atoms with Crippen molar-refractivity contribution in [3.05, 3.63) is 35.3 Å². The average Bonchev–Trinajstić information content (AvgIpc) is 2.27. The molecule has 0 bridgehead atoms. The molecule has 12 heavy (non-hydrogen) atoms. The molecule has 0 heterocycles. The molecule has 0 spiro atoms.